The average molecular weight is 271 g/mol. The van der Waals surface area contributed by atoms with E-state index in [0.717, 1.165) is 22.9 Å². The molecule has 0 aliphatic carbocycles. The number of allylic oxidation sites excluding steroid dienone is 1. The zero-order chi connectivity index (χ0) is 14.5. The van der Waals surface area contributed by atoms with Crippen LogP contribution in [0.5, 0.6) is 0 Å². The highest BCUT2D eigenvalue weighted by Gasteiger charge is 2.14. The van der Waals surface area contributed by atoms with E-state index in [2.05, 4.69) is 11.9 Å². The number of esters is 1. The first-order valence-corrected chi connectivity index (χ1v) is 6.59. The number of aryl methyl sites for hydroxylation is 1. The molecule has 20 heavy (non-hydrogen) atoms. The number of ketones is 1. The summed E-state index contributed by atoms with van der Waals surface area (Å²) in [7, 11) is 0. The zero-order valence-electron chi connectivity index (χ0n) is 11.6. The molecular weight excluding hydrogens is 254 g/mol. The zero-order valence-corrected chi connectivity index (χ0v) is 11.6. The normalized spacial score (nSPS) is 11.1. The van der Waals surface area contributed by atoms with Crippen molar-refractivity contribution in [3.63, 3.8) is 0 Å². The van der Waals surface area contributed by atoms with Crippen LogP contribution in [0.3, 0.4) is 0 Å². The van der Waals surface area contributed by atoms with Crippen LogP contribution in [0.2, 0.25) is 0 Å². The number of para-hydroxylation sites is 1. The van der Waals surface area contributed by atoms with Crippen molar-refractivity contribution in [2.75, 3.05) is 6.61 Å². The molecule has 2 rings (SSSR count). The highest BCUT2D eigenvalue weighted by Crippen LogP contribution is 2.22. The van der Waals surface area contributed by atoms with Crippen molar-refractivity contribution in [2.24, 2.45) is 0 Å². The van der Waals surface area contributed by atoms with Gasteiger partial charge in [-0.2, -0.15) is 0 Å². The van der Waals surface area contributed by atoms with Gasteiger partial charge in [-0.05, 0) is 18.9 Å². The molecule has 0 aliphatic rings. The standard InChI is InChI=1S/C16H17NO3/c1-3-6-15(19)20-10-14(18)13-9-17-16-11(4-2)7-5-8-12(13)16/h3,5-9,17H,4,10H2,1-2H3/b6-3+. The molecule has 4 nitrogen and oxygen atoms in total. The molecule has 0 amide bonds. The number of rotatable bonds is 5. The van der Waals surface area contributed by atoms with Gasteiger partial charge in [0.05, 0.1) is 0 Å². The Balaban J connectivity index is 2.21. The summed E-state index contributed by atoms with van der Waals surface area (Å²) in [6.07, 6.45) is 5.43. The van der Waals surface area contributed by atoms with Crippen molar-refractivity contribution in [1.82, 2.24) is 4.98 Å². The number of aromatic nitrogens is 1. The van der Waals surface area contributed by atoms with Crippen LogP contribution in [0.25, 0.3) is 10.9 Å². The molecule has 104 valence electrons. The quantitative estimate of drug-likeness (QED) is 0.516. The van der Waals surface area contributed by atoms with Gasteiger partial charge in [-0.3, -0.25) is 4.79 Å². The molecule has 0 saturated carbocycles. The monoisotopic (exact) mass is 271 g/mol. The molecule has 4 heteroatoms. The summed E-state index contributed by atoms with van der Waals surface area (Å²) in [5, 5.41) is 0.872. The van der Waals surface area contributed by atoms with E-state index in [0.29, 0.717) is 5.56 Å². The fourth-order valence-electron chi connectivity index (χ4n) is 2.14. The molecule has 2 aromatic rings. The van der Waals surface area contributed by atoms with Gasteiger partial charge >= 0.3 is 5.97 Å². The summed E-state index contributed by atoms with van der Waals surface area (Å²) < 4.78 is 4.88. The summed E-state index contributed by atoms with van der Waals surface area (Å²) in [6.45, 7) is 3.54. The molecule has 0 unspecified atom stereocenters. The van der Waals surface area contributed by atoms with Gasteiger partial charge < -0.3 is 9.72 Å². The summed E-state index contributed by atoms with van der Waals surface area (Å²) in [5.41, 5.74) is 2.69. The Kier molecular flexibility index (Phi) is 4.35. The molecule has 1 N–H and O–H groups in total. The number of carbonyl (C=O) groups excluding carboxylic acids is 2. The molecule has 1 heterocycles. The number of carbonyl (C=O) groups is 2. The lowest BCUT2D eigenvalue weighted by atomic mass is 10.1. The van der Waals surface area contributed by atoms with Crippen LogP contribution in [0.1, 0.15) is 29.8 Å². The van der Waals surface area contributed by atoms with E-state index in [9.17, 15) is 9.59 Å². The Hall–Kier alpha value is -2.36. The number of H-pyrrole nitrogens is 1. The van der Waals surface area contributed by atoms with Crippen LogP contribution in [-0.4, -0.2) is 23.3 Å². The smallest absolute Gasteiger partial charge is 0.330 e. The molecule has 0 radical (unpaired) electrons. The number of aromatic amines is 1. The maximum Gasteiger partial charge on any atom is 0.330 e. The van der Waals surface area contributed by atoms with E-state index in [1.165, 1.54) is 6.08 Å². The van der Waals surface area contributed by atoms with Crippen molar-refractivity contribution in [1.29, 1.82) is 0 Å². The van der Waals surface area contributed by atoms with Gasteiger partial charge in [-0.1, -0.05) is 31.2 Å². The predicted octanol–water partition coefficient (Wildman–Crippen LogP) is 3.03. The first-order chi connectivity index (χ1) is 9.67. The second kappa shape index (κ2) is 6.19. The van der Waals surface area contributed by atoms with E-state index in [1.54, 1.807) is 19.2 Å². The molecule has 1 aromatic carbocycles. The van der Waals surface area contributed by atoms with Gasteiger partial charge in [0, 0.05) is 28.7 Å². The molecular formula is C16H17NO3. The lowest BCUT2D eigenvalue weighted by molar-refractivity contribution is -0.136. The van der Waals surface area contributed by atoms with E-state index in [1.807, 2.05) is 18.2 Å². The third-order valence-corrected chi connectivity index (χ3v) is 3.13. The molecule has 0 fully saturated rings. The van der Waals surface area contributed by atoms with Crippen molar-refractivity contribution in [3.05, 3.63) is 47.7 Å². The van der Waals surface area contributed by atoms with Crippen LogP contribution < -0.4 is 0 Å². The molecule has 0 bridgehead atoms. The van der Waals surface area contributed by atoms with Gasteiger partial charge in [-0.25, -0.2) is 4.79 Å². The molecule has 0 saturated heterocycles. The van der Waals surface area contributed by atoms with Crippen LogP contribution in [0.4, 0.5) is 0 Å². The highest BCUT2D eigenvalue weighted by atomic mass is 16.5. The largest absolute Gasteiger partial charge is 0.454 e. The molecule has 0 spiro atoms. The maximum atomic E-state index is 12.1. The lowest BCUT2D eigenvalue weighted by Gasteiger charge is -2.02. The summed E-state index contributed by atoms with van der Waals surface area (Å²) in [4.78, 5) is 26.4. The van der Waals surface area contributed by atoms with Gasteiger partial charge in [0.1, 0.15) is 0 Å². The van der Waals surface area contributed by atoms with Crippen molar-refractivity contribution in [2.45, 2.75) is 20.3 Å². The van der Waals surface area contributed by atoms with Crippen molar-refractivity contribution < 1.29 is 14.3 Å². The minimum absolute atomic E-state index is 0.206. The van der Waals surface area contributed by atoms with E-state index in [4.69, 9.17) is 4.74 Å². The third kappa shape index (κ3) is 2.79. The fraction of sp³-hybridized carbons (Fsp3) is 0.250. The third-order valence-electron chi connectivity index (χ3n) is 3.13. The lowest BCUT2D eigenvalue weighted by Crippen LogP contribution is -2.12. The van der Waals surface area contributed by atoms with Gasteiger partial charge in [0.2, 0.25) is 5.78 Å². The number of fused-ring (bicyclic) bond motifs is 1. The Morgan fingerprint density at radius 2 is 2.15 bits per heavy atom. The summed E-state index contributed by atoms with van der Waals surface area (Å²) in [6, 6.07) is 5.85. The second-order valence-electron chi connectivity index (χ2n) is 4.43. The minimum atomic E-state index is -0.505. The Labute approximate surface area is 117 Å². The number of Topliss-reactive ketones (excluding diaryl/α,β-unsaturated/α-hetero) is 1. The van der Waals surface area contributed by atoms with Crippen LogP contribution in [0, 0.1) is 0 Å². The van der Waals surface area contributed by atoms with Gasteiger partial charge in [0.25, 0.3) is 0 Å². The van der Waals surface area contributed by atoms with E-state index >= 15 is 0 Å². The number of ether oxygens (including phenoxy) is 1. The number of benzene rings is 1. The van der Waals surface area contributed by atoms with Crippen LogP contribution in [0.15, 0.2) is 36.5 Å². The number of nitrogens with one attached hydrogen (secondary N) is 1. The first-order valence-electron chi connectivity index (χ1n) is 6.59. The first kappa shape index (κ1) is 14.1. The van der Waals surface area contributed by atoms with Crippen LogP contribution >= 0.6 is 0 Å². The van der Waals surface area contributed by atoms with Crippen molar-refractivity contribution >= 4 is 22.7 Å². The molecule has 0 atom stereocenters. The summed E-state index contributed by atoms with van der Waals surface area (Å²) >= 11 is 0. The van der Waals surface area contributed by atoms with Crippen molar-refractivity contribution in [3.8, 4) is 0 Å². The Morgan fingerprint density at radius 3 is 2.85 bits per heavy atom. The average Bonchev–Trinajstić information content (AvgIpc) is 2.89. The molecule has 0 aliphatic heterocycles. The van der Waals surface area contributed by atoms with Crippen LogP contribution in [-0.2, 0) is 16.0 Å². The maximum absolute atomic E-state index is 12.1. The minimum Gasteiger partial charge on any atom is -0.454 e. The second-order valence-corrected chi connectivity index (χ2v) is 4.43. The number of hydrogen-bond acceptors (Lipinski definition) is 3. The van der Waals surface area contributed by atoms with Gasteiger partial charge in [0.15, 0.2) is 6.61 Å². The highest BCUT2D eigenvalue weighted by molar-refractivity contribution is 6.09. The number of hydrogen-bond donors (Lipinski definition) is 1. The van der Waals surface area contributed by atoms with Gasteiger partial charge in [-0.15, -0.1) is 0 Å². The van der Waals surface area contributed by atoms with E-state index < -0.39 is 5.97 Å². The predicted molar refractivity (Wildman–Crippen MR) is 77.8 cm³/mol. The summed E-state index contributed by atoms with van der Waals surface area (Å²) in [5.74, 6) is -0.711. The Morgan fingerprint density at radius 1 is 1.35 bits per heavy atom. The topological polar surface area (TPSA) is 59.2 Å². The fourth-order valence-corrected chi connectivity index (χ4v) is 2.14. The van der Waals surface area contributed by atoms with E-state index in [-0.39, 0.29) is 12.4 Å². The SMILES string of the molecule is C/C=C/C(=O)OCC(=O)c1c[nH]c2c(CC)cccc12. The molecule has 1 aromatic heterocycles. The Bertz CT molecular complexity index is 667.